The van der Waals surface area contributed by atoms with Crippen LogP contribution in [-0.2, 0) is 6.61 Å². The molecule has 0 amide bonds. The zero-order valence-corrected chi connectivity index (χ0v) is 11.2. The van der Waals surface area contributed by atoms with Gasteiger partial charge in [-0.15, -0.1) is 0 Å². The van der Waals surface area contributed by atoms with Gasteiger partial charge < -0.3 is 9.84 Å². The van der Waals surface area contributed by atoms with Crippen molar-refractivity contribution in [2.75, 3.05) is 0 Å². The molecule has 0 saturated carbocycles. The number of aliphatic hydroxyl groups is 1. The summed E-state index contributed by atoms with van der Waals surface area (Å²) in [5.41, 5.74) is 0.392. The standard InChI is InChI=1S/C11H7Cl3N2O2/c12-7-1-9(14)10(2-8(7)13)18-11-4-15-3-6(5-17)16-11/h1-4,17H,5H2. The number of nitrogens with zero attached hydrogens (tertiary/aromatic N) is 2. The second-order valence-corrected chi connectivity index (χ2v) is 4.53. The predicted octanol–water partition coefficient (Wildman–Crippen LogP) is 3.72. The van der Waals surface area contributed by atoms with E-state index in [1.54, 1.807) is 0 Å². The van der Waals surface area contributed by atoms with Gasteiger partial charge in [0.25, 0.3) is 0 Å². The molecule has 94 valence electrons. The van der Waals surface area contributed by atoms with Crippen molar-refractivity contribution in [3.05, 3.63) is 45.3 Å². The first-order valence-electron chi connectivity index (χ1n) is 4.84. The number of benzene rings is 1. The van der Waals surface area contributed by atoms with Crippen molar-refractivity contribution in [3.8, 4) is 11.6 Å². The van der Waals surface area contributed by atoms with Crippen LogP contribution in [0.3, 0.4) is 0 Å². The van der Waals surface area contributed by atoms with E-state index < -0.39 is 0 Å². The monoisotopic (exact) mass is 304 g/mol. The van der Waals surface area contributed by atoms with Crippen molar-refractivity contribution in [1.29, 1.82) is 0 Å². The number of ether oxygens (including phenoxy) is 1. The molecule has 1 heterocycles. The molecule has 0 unspecified atom stereocenters. The second kappa shape index (κ2) is 5.71. The summed E-state index contributed by atoms with van der Waals surface area (Å²) in [5, 5.41) is 9.91. The van der Waals surface area contributed by atoms with Crippen molar-refractivity contribution in [3.63, 3.8) is 0 Å². The smallest absolute Gasteiger partial charge is 0.238 e. The van der Waals surface area contributed by atoms with Crippen molar-refractivity contribution < 1.29 is 9.84 Å². The van der Waals surface area contributed by atoms with Gasteiger partial charge >= 0.3 is 0 Å². The highest BCUT2D eigenvalue weighted by Gasteiger charge is 2.09. The van der Waals surface area contributed by atoms with E-state index in [2.05, 4.69) is 9.97 Å². The van der Waals surface area contributed by atoms with E-state index in [-0.39, 0.29) is 12.5 Å². The van der Waals surface area contributed by atoms with E-state index in [0.29, 0.717) is 26.5 Å². The molecule has 7 heteroatoms. The Kier molecular flexibility index (Phi) is 4.24. The van der Waals surface area contributed by atoms with Crippen LogP contribution in [0, 0.1) is 0 Å². The van der Waals surface area contributed by atoms with E-state index >= 15 is 0 Å². The Morgan fingerprint density at radius 3 is 2.50 bits per heavy atom. The van der Waals surface area contributed by atoms with Crippen molar-refractivity contribution in [2.45, 2.75) is 6.61 Å². The zero-order valence-electron chi connectivity index (χ0n) is 8.90. The van der Waals surface area contributed by atoms with Crippen LogP contribution in [0.2, 0.25) is 15.1 Å². The maximum atomic E-state index is 8.94. The van der Waals surface area contributed by atoms with Crippen molar-refractivity contribution in [1.82, 2.24) is 9.97 Å². The first kappa shape index (κ1) is 13.4. The minimum atomic E-state index is -0.223. The topological polar surface area (TPSA) is 55.2 Å². The van der Waals surface area contributed by atoms with Gasteiger partial charge in [-0.25, -0.2) is 4.98 Å². The summed E-state index contributed by atoms with van der Waals surface area (Å²) in [6, 6.07) is 2.96. The third kappa shape index (κ3) is 3.03. The molecule has 0 aliphatic heterocycles. The molecule has 0 fully saturated rings. The highest BCUT2D eigenvalue weighted by molar-refractivity contribution is 6.43. The Hall–Kier alpha value is -1.07. The van der Waals surface area contributed by atoms with Gasteiger partial charge in [0.2, 0.25) is 5.88 Å². The first-order chi connectivity index (χ1) is 8.60. The predicted molar refractivity (Wildman–Crippen MR) is 69.5 cm³/mol. The van der Waals surface area contributed by atoms with E-state index in [0.717, 1.165) is 0 Å². The lowest BCUT2D eigenvalue weighted by atomic mass is 10.3. The molecule has 2 rings (SSSR count). The SMILES string of the molecule is OCc1cncc(Oc2cc(Cl)c(Cl)cc2Cl)n1. The molecule has 0 bridgehead atoms. The Labute approximate surface area is 118 Å². The fourth-order valence-electron chi connectivity index (χ4n) is 1.21. The van der Waals surface area contributed by atoms with Gasteiger partial charge in [0.05, 0.1) is 39.8 Å². The van der Waals surface area contributed by atoms with Crippen LogP contribution in [0.15, 0.2) is 24.5 Å². The molecule has 0 aliphatic rings. The fraction of sp³-hybridized carbons (Fsp3) is 0.0909. The quantitative estimate of drug-likeness (QED) is 0.878. The van der Waals surface area contributed by atoms with Gasteiger partial charge in [-0.1, -0.05) is 34.8 Å². The Morgan fingerprint density at radius 1 is 1.06 bits per heavy atom. The summed E-state index contributed by atoms with van der Waals surface area (Å²) in [6.07, 6.45) is 2.83. The van der Waals surface area contributed by atoms with Crippen LogP contribution in [0.4, 0.5) is 0 Å². The van der Waals surface area contributed by atoms with Crippen LogP contribution in [0.1, 0.15) is 5.69 Å². The second-order valence-electron chi connectivity index (χ2n) is 3.31. The van der Waals surface area contributed by atoms with Crippen LogP contribution in [-0.4, -0.2) is 15.1 Å². The van der Waals surface area contributed by atoms with Gasteiger partial charge in [0, 0.05) is 6.07 Å². The molecule has 1 aromatic heterocycles. The van der Waals surface area contributed by atoms with Gasteiger partial charge in [-0.05, 0) is 6.07 Å². The molecule has 0 radical (unpaired) electrons. The number of hydrogen-bond donors (Lipinski definition) is 1. The summed E-state index contributed by atoms with van der Waals surface area (Å²) in [5.74, 6) is 0.525. The van der Waals surface area contributed by atoms with Crippen LogP contribution in [0.5, 0.6) is 11.6 Å². The molecular formula is C11H7Cl3N2O2. The largest absolute Gasteiger partial charge is 0.436 e. The number of aromatic nitrogens is 2. The molecule has 1 N–H and O–H groups in total. The van der Waals surface area contributed by atoms with Gasteiger partial charge in [-0.3, -0.25) is 4.98 Å². The number of hydrogen-bond acceptors (Lipinski definition) is 4. The highest BCUT2D eigenvalue weighted by Crippen LogP contribution is 2.35. The lowest BCUT2D eigenvalue weighted by Gasteiger charge is -2.08. The van der Waals surface area contributed by atoms with Gasteiger partial charge in [0.1, 0.15) is 5.75 Å². The van der Waals surface area contributed by atoms with Gasteiger partial charge in [0.15, 0.2) is 0 Å². The molecule has 0 aliphatic carbocycles. The Balaban J connectivity index is 2.30. The minimum Gasteiger partial charge on any atom is -0.436 e. The molecule has 18 heavy (non-hydrogen) atoms. The van der Waals surface area contributed by atoms with E-state index in [9.17, 15) is 0 Å². The number of halogens is 3. The summed E-state index contributed by atoms with van der Waals surface area (Å²) < 4.78 is 5.43. The average molecular weight is 306 g/mol. The van der Waals surface area contributed by atoms with Gasteiger partial charge in [-0.2, -0.15) is 0 Å². The first-order valence-corrected chi connectivity index (χ1v) is 5.97. The normalized spacial score (nSPS) is 10.4. The maximum absolute atomic E-state index is 8.94. The summed E-state index contributed by atoms with van der Waals surface area (Å²) >= 11 is 17.6. The zero-order chi connectivity index (χ0) is 13.1. The highest BCUT2D eigenvalue weighted by atomic mass is 35.5. The van der Waals surface area contributed by atoms with Crippen molar-refractivity contribution >= 4 is 34.8 Å². The summed E-state index contributed by atoms with van der Waals surface area (Å²) in [7, 11) is 0. The molecule has 4 nitrogen and oxygen atoms in total. The molecule has 0 saturated heterocycles. The molecule has 1 aromatic carbocycles. The third-order valence-corrected chi connectivity index (χ3v) is 3.03. The van der Waals surface area contributed by atoms with Crippen LogP contribution >= 0.6 is 34.8 Å². The average Bonchev–Trinajstić information content (AvgIpc) is 2.36. The van der Waals surface area contributed by atoms with Crippen molar-refractivity contribution in [2.24, 2.45) is 0 Å². The lowest BCUT2D eigenvalue weighted by molar-refractivity contribution is 0.274. The molecule has 2 aromatic rings. The molecular weight excluding hydrogens is 298 g/mol. The number of aliphatic hydroxyl groups excluding tert-OH is 1. The Bertz CT molecular complexity index is 578. The van der Waals surface area contributed by atoms with E-state index in [1.807, 2.05) is 0 Å². The van der Waals surface area contributed by atoms with E-state index in [1.165, 1.54) is 24.5 Å². The van der Waals surface area contributed by atoms with Crippen LogP contribution < -0.4 is 4.74 Å². The van der Waals surface area contributed by atoms with E-state index in [4.69, 9.17) is 44.6 Å². The fourth-order valence-corrected chi connectivity index (χ4v) is 1.78. The maximum Gasteiger partial charge on any atom is 0.238 e. The minimum absolute atomic E-state index is 0.210. The number of rotatable bonds is 3. The molecule has 0 spiro atoms. The third-order valence-electron chi connectivity index (χ3n) is 2.01. The summed E-state index contributed by atoms with van der Waals surface area (Å²) in [4.78, 5) is 7.88. The molecule has 0 atom stereocenters. The lowest BCUT2D eigenvalue weighted by Crippen LogP contribution is -1.95. The Morgan fingerprint density at radius 2 is 1.78 bits per heavy atom. The summed E-state index contributed by atoms with van der Waals surface area (Å²) in [6.45, 7) is -0.223. The van der Waals surface area contributed by atoms with Crippen LogP contribution in [0.25, 0.3) is 0 Å².